The zero-order valence-electron chi connectivity index (χ0n) is 10.8. The molecule has 0 aromatic heterocycles. The van der Waals surface area contributed by atoms with E-state index in [0.717, 1.165) is 15.6 Å². The molecule has 106 valence electrons. The summed E-state index contributed by atoms with van der Waals surface area (Å²) in [6.07, 6.45) is 0.598. The van der Waals surface area contributed by atoms with Crippen molar-refractivity contribution in [3.8, 4) is 0 Å². The minimum atomic E-state index is -0.391. The highest BCUT2D eigenvalue weighted by molar-refractivity contribution is 9.10. The second-order valence-corrected chi connectivity index (χ2v) is 6.32. The normalized spacial score (nSPS) is 11.6. The lowest BCUT2D eigenvalue weighted by Crippen LogP contribution is -2.33. The predicted octanol–water partition coefficient (Wildman–Crippen LogP) is 5.55. The Kier molecular flexibility index (Phi) is 5.48. The smallest absolute Gasteiger partial charge is 0.124 e. The molecule has 0 aliphatic carbocycles. The molecule has 20 heavy (non-hydrogen) atoms. The summed E-state index contributed by atoms with van der Waals surface area (Å²) in [5, 5.41) is 0. The second kappa shape index (κ2) is 6.93. The van der Waals surface area contributed by atoms with Gasteiger partial charge in [0.15, 0.2) is 0 Å². The van der Waals surface area contributed by atoms with Crippen LogP contribution in [-0.4, -0.2) is 11.8 Å². The lowest BCUT2D eigenvalue weighted by molar-refractivity contribution is 0.532. The fraction of sp³-hybridized carbons (Fsp3) is 0.250. The molecule has 0 amide bonds. The molecule has 0 unspecified atom stereocenters. The summed E-state index contributed by atoms with van der Waals surface area (Å²) in [6.45, 7) is 0. The Hall–Kier alpha value is -0.570. The largest absolute Gasteiger partial charge is 0.207 e. The highest BCUT2D eigenvalue weighted by Crippen LogP contribution is 2.32. The molecular formula is C16H14BrCl2F. The zero-order valence-corrected chi connectivity index (χ0v) is 13.8. The van der Waals surface area contributed by atoms with Crippen LogP contribution in [0.1, 0.15) is 11.1 Å². The summed E-state index contributed by atoms with van der Waals surface area (Å²) in [6, 6.07) is 14.8. The van der Waals surface area contributed by atoms with Gasteiger partial charge in [-0.25, -0.2) is 4.39 Å². The molecule has 0 saturated carbocycles. The van der Waals surface area contributed by atoms with Crippen molar-refractivity contribution in [2.75, 3.05) is 11.8 Å². The van der Waals surface area contributed by atoms with E-state index in [9.17, 15) is 4.39 Å². The van der Waals surface area contributed by atoms with Crippen molar-refractivity contribution in [3.05, 3.63) is 69.9 Å². The van der Waals surface area contributed by atoms with Crippen LogP contribution in [0, 0.1) is 5.82 Å². The third-order valence-electron chi connectivity index (χ3n) is 3.36. The number of rotatable bonds is 5. The molecule has 2 rings (SSSR count). The first kappa shape index (κ1) is 15.8. The molecule has 0 saturated heterocycles. The average molecular weight is 376 g/mol. The van der Waals surface area contributed by atoms with Crippen molar-refractivity contribution in [3.63, 3.8) is 0 Å². The van der Waals surface area contributed by atoms with Gasteiger partial charge in [0.25, 0.3) is 0 Å². The Labute approximate surface area is 137 Å². The Morgan fingerprint density at radius 2 is 1.65 bits per heavy atom. The van der Waals surface area contributed by atoms with Gasteiger partial charge in [0.05, 0.1) is 0 Å². The summed E-state index contributed by atoms with van der Waals surface area (Å²) < 4.78 is 14.2. The van der Waals surface area contributed by atoms with Crippen LogP contribution in [0.15, 0.2) is 53.0 Å². The van der Waals surface area contributed by atoms with Crippen LogP contribution >= 0.6 is 39.1 Å². The lowest BCUT2D eigenvalue weighted by Gasteiger charge is -2.30. The van der Waals surface area contributed by atoms with E-state index in [2.05, 4.69) is 15.9 Å². The number of benzene rings is 2. The lowest BCUT2D eigenvalue weighted by atomic mass is 9.79. The molecule has 0 nitrogen and oxygen atoms in total. The molecule has 0 bridgehead atoms. The van der Waals surface area contributed by atoms with E-state index in [4.69, 9.17) is 23.2 Å². The van der Waals surface area contributed by atoms with Gasteiger partial charge in [-0.3, -0.25) is 0 Å². The minimum Gasteiger partial charge on any atom is -0.207 e. The average Bonchev–Trinajstić information content (AvgIpc) is 2.45. The predicted molar refractivity (Wildman–Crippen MR) is 87.4 cm³/mol. The molecule has 2 aromatic carbocycles. The van der Waals surface area contributed by atoms with E-state index in [1.807, 2.05) is 36.4 Å². The molecule has 0 fully saturated rings. The van der Waals surface area contributed by atoms with Crippen molar-refractivity contribution in [1.82, 2.24) is 0 Å². The summed E-state index contributed by atoms with van der Waals surface area (Å²) in [4.78, 5) is 0. The van der Waals surface area contributed by atoms with E-state index in [1.54, 1.807) is 0 Å². The molecule has 0 heterocycles. The topological polar surface area (TPSA) is 0 Å². The molecule has 0 N–H and O–H groups in total. The Morgan fingerprint density at radius 3 is 2.20 bits per heavy atom. The molecule has 0 atom stereocenters. The zero-order chi connectivity index (χ0) is 14.6. The molecular weight excluding hydrogens is 362 g/mol. The summed E-state index contributed by atoms with van der Waals surface area (Å²) in [5.74, 6) is 0.504. The number of hydrogen-bond donors (Lipinski definition) is 0. The van der Waals surface area contributed by atoms with E-state index in [-0.39, 0.29) is 5.82 Å². The number of hydrogen-bond acceptors (Lipinski definition) is 0. The van der Waals surface area contributed by atoms with Crippen LogP contribution < -0.4 is 0 Å². The van der Waals surface area contributed by atoms with Gasteiger partial charge >= 0.3 is 0 Å². The summed E-state index contributed by atoms with van der Waals surface area (Å²) in [7, 11) is 0. The van der Waals surface area contributed by atoms with Gasteiger partial charge in [-0.05, 0) is 35.7 Å². The fourth-order valence-electron chi connectivity index (χ4n) is 2.28. The van der Waals surface area contributed by atoms with Crippen molar-refractivity contribution in [2.45, 2.75) is 11.8 Å². The maximum Gasteiger partial charge on any atom is 0.124 e. The molecule has 0 spiro atoms. The standard InChI is InChI=1S/C16H14BrCl2F/c17-14-6-12(7-15(20)8-14)9-16(10-18,11-19)13-4-2-1-3-5-13/h1-8H,9-11H2. The molecule has 4 heteroatoms. The number of halogens is 4. The summed E-state index contributed by atoms with van der Waals surface area (Å²) in [5.41, 5.74) is 1.56. The highest BCUT2D eigenvalue weighted by Gasteiger charge is 2.31. The van der Waals surface area contributed by atoms with Gasteiger partial charge in [-0.1, -0.05) is 46.3 Å². The molecule has 0 aliphatic heterocycles. The first-order chi connectivity index (χ1) is 9.59. The van der Waals surface area contributed by atoms with Crippen molar-refractivity contribution in [1.29, 1.82) is 0 Å². The third-order valence-corrected chi connectivity index (χ3v) is 4.84. The van der Waals surface area contributed by atoms with Crippen LogP contribution in [0.3, 0.4) is 0 Å². The minimum absolute atomic E-state index is 0.263. The SMILES string of the molecule is Fc1cc(Br)cc(CC(CCl)(CCl)c2ccccc2)c1. The van der Waals surface area contributed by atoms with Crippen LogP contribution in [0.2, 0.25) is 0 Å². The molecule has 2 aromatic rings. The van der Waals surface area contributed by atoms with E-state index >= 15 is 0 Å². The van der Waals surface area contributed by atoms with Crippen LogP contribution in [-0.2, 0) is 11.8 Å². The van der Waals surface area contributed by atoms with Gasteiger partial charge in [-0.2, -0.15) is 0 Å². The van der Waals surface area contributed by atoms with E-state index in [0.29, 0.717) is 18.2 Å². The molecule has 0 radical (unpaired) electrons. The Bertz CT molecular complexity index is 548. The van der Waals surface area contributed by atoms with Crippen molar-refractivity contribution >= 4 is 39.1 Å². The van der Waals surface area contributed by atoms with Crippen molar-refractivity contribution < 1.29 is 4.39 Å². The Balaban J connectivity index is 2.39. The Morgan fingerprint density at radius 1 is 1.00 bits per heavy atom. The quantitative estimate of drug-likeness (QED) is 0.601. The second-order valence-electron chi connectivity index (χ2n) is 4.87. The first-order valence-corrected chi connectivity index (χ1v) is 8.08. The van der Waals surface area contributed by atoms with Crippen molar-refractivity contribution in [2.24, 2.45) is 0 Å². The molecule has 0 aliphatic rings. The summed E-state index contributed by atoms with van der Waals surface area (Å²) >= 11 is 15.7. The van der Waals surface area contributed by atoms with Gasteiger partial charge in [-0.15, -0.1) is 23.2 Å². The monoisotopic (exact) mass is 374 g/mol. The fourth-order valence-corrected chi connectivity index (χ4v) is 3.58. The maximum absolute atomic E-state index is 13.5. The first-order valence-electron chi connectivity index (χ1n) is 6.22. The van der Waals surface area contributed by atoms with Crippen LogP contribution in [0.4, 0.5) is 4.39 Å². The highest BCUT2D eigenvalue weighted by atomic mass is 79.9. The van der Waals surface area contributed by atoms with E-state index in [1.165, 1.54) is 12.1 Å². The van der Waals surface area contributed by atoms with Gasteiger partial charge in [0, 0.05) is 21.6 Å². The van der Waals surface area contributed by atoms with Gasteiger partial charge in [0.1, 0.15) is 5.82 Å². The third kappa shape index (κ3) is 3.55. The maximum atomic E-state index is 13.5. The van der Waals surface area contributed by atoms with E-state index < -0.39 is 5.41 Å². The number of alkyl halides is 2. The van der Waals surface area contributed by atoms with Gasteiger partial charge in [0.2, 0.25) is 0 Å². The van der Waals surface area contributed by atoms with Gasteiger partial charge < -0.3 is 0 Å². The van der Waals surface area contributed by atoms with Crippen LogP contribution in [0.25, 0.3) is 0 Å². The van der Waals surface area contributed by atoms with Crippen LogP contribution in [0.5, 0.6) is 0 Å².